The van der Waals surface area contributed by atoms with E-state index in [4.69, 9.17) is 33.5 Å². The van der Waals surface area contributed by atoms with Crippen molar-refractivity contribution < 1.29 is 154 Å². The van der Waals surface area contributed by atoms with Gasteiger partial charge in [0.1, 0.15) is 16.2 Å². The van der Waals surface area contributed by atoms with Crippen LogP contribution in [0.5, 0.6) is 5.75 Å². The van der Waals surface area contributed by atoms with Gasteiger partial charge in [0.05, 0.1) is 30.6 Å². The van der Waals surface area contributed by atoms with Crippen LogP contribution in [0.25, 0.3) is 10.1 Å². The number of carboxylic acid groups (broad SMARTS) is 2. The van der Waals surface area contributed by atoms with Crippen molar-refractivity contribution in [1.82, 2.24) is 0 Å². The number of benzene rings is 1. The van der Waals surface area contributed by atoms with Crippen LogP contribution in [0.4, 0.5) is 13.6 Å². The summed E-state index contributed by atoms with van der Waals surface area (Å²) in [6.07, 6.45) is -2.33. The van der Waals surface area contributed by atoms with E-state index in [-0.39, 0.29) is 132 Å². The zero-order valence-corrected chi connectivity index (χ0v) is 30.8. The first kappa shape index (κ1) is 39.6. The van der Waals surface area contributed by atoms with Crippen molar-refractivity contribution >= 4 is 57.1 Å². The number of rotatable bonds is 8. The molecule has 0 amide bonds. The summed E-state index contributed by atoms with van der Waals surface area (Å²) in [7, 11) is -3.43. The van der Waals surface area contributed by atoms with Gasteiger partial charge in [0.2, 0.25) is 0 Å². The largest absolute Gasteiger partial charge is 1.00 e. The van der Waals surface area contributed by atoms with Gasteiger partial charge in [-0.3, -0.25) is 4.57 Å². The van der Waals surface area contributed by atoms with Gasteiger partial charge in [-0.05, 0) is 68.8 Å². The molecule has 0 spiro atoms. The van der Waals surface area contributed by atoms with Gasteiger partial charge in [0, 0.05) is 9.86 Å². The maximum Gasteiger partial charge on any atom is 1.00 e. The van der Waals surface area contributed by atoms with E-state index in [2.05, 4.69) is 15.9 Å². The fraction of sp³-hybridized carbons (Fsp3) is 0.500. The Balaban J connectivity index is 0. The number of hydrogen-bond acceptors (Lipinski definition) is 10. The SMILES string of the molecule is CCOP(=O)(OCC)C(F)(F)c1sc2c(OC)cc(C(=O)OC(C)(C)C)cc2c1Br.O=C([O-])[O-].[K+].[K+]. The fourth-order valence-corrected chi connectivity index (χ4v) is 6.64. The summed E-state index contributed by atoms with van der Waals surface area (Å²) >= 11 is 3.87. The van der Waals surface area contributed by atoms with Crippen LogP contribution in [0.3, 0.4) is 0 Å². The maximum atomic E-state index is 15.3. The van der Waals surface area contributed by atoms with Gasteiger partial charge in [0.15, 0.2) is 0 Å². The van der Waals surface area contributed by atoms with E-state index in [0.717, 1.165) is 0 Å². The molecule has 0 N–H and O–H groups in total. The molecule has 0 radical (unpaired) electrons. The Kier molecular flexibility index (Phi) is 18.4. The van der Waals surface area contributed by atoms with Crippen molar-refractivity contribution in [3.05, 3.63) is 27.0 Å². The summed E-state index contributed by atoms with van der Waals surface area (Å²) in [5.41, 5.74) is -4.51. The number of halogens is 3. The third-order valence-corrected chi connectivity index (χ3v) is 8.40. The van der Waals surface area contributed by atoms with Gasteiger partial charge in [-0.1, -0.05) is 0 Å². The van der Waals surface area contributed by atoms with Crippen molar-refractivity contribution in [3.8, 4) is 5.75 Å². The molecule has 36 heavy (non-hydrogen) atoms. The molecule has 2 aromatic rings. The second kappa shape index (κ2) is 16.7. The van der Waals surface area contributed by atoms with Crippen molar-refractivity contribution in [1.29, 1.82) is 0 Å². The van der Waals surface area contributed by atoms with Gasteiger partial charge >= 0.3 is 122 Å². The molecular weight excluding hydrogens is 643 g/mol. The van der Waals surface area contributed by atoms with Crippen LogP contribution in [0.15, 0.2) is 16.6 Å². The van der Waals surface area contributed by atoms with E-state index in [0.29, 0.717) is 21.4 Å². The molecule has 0 atom stereocenters. The molecule has 0 saturated carbocycles. The summed E-state index contributed by atoms with van der Waals surface area (Å²) in [5.74, 6) is -0.410. The number of ether oxygens (including phenoxy) is 2. The minimum absolute atomic E-state index is 0. The molecule has 192 valence electrons. The zero-order chi connectivity index (χ0) is 26.5. The fourth-order valence-electron chi connectivity index (χ4n) is 2.60. The predicted molar refractivity (Wildman–Crippen MR) is 121 cm³/mol. The summed E-state index contributed by atoms with van der Waals surface area (Å²) < 4.78 is 64.3. The second-order valence-corrected chi connectivity index (χ2v) is 11.3. The number of alkyl halides is 2. The molecule has 1 heterocycles. The molecule has 0 unspecified atom stereocenters. The summed E-state index contributed by atoms with van der Waals surface area (Å²) in [5, 5.41) is 17.0. The van der Waals surface area contributed by atoms with Gasteiger partial charge < -0.3 is 33.5 Å². The van der Waals surface area contributed by atoms with Crippen molar-refractivity contribution in [2.24, 2.45) is 0 Å². The van der Waals surface area contributed by atoms with Crippen LogP contribution < -0.4 is 118 Å². The third-order valence-electron chi connectivity index (χ3n) is 3.76. The minimum Gasteiger partial charge on any atom is -0.652 e. The smallest absolute Gasteiger partial charge is 0.652 e. The van der Waals surface area contributed by atoms with Crippen molar-refractivity contribution in [2.45, 2.75) is 45.9 Å². The topological polar surface area (TPSA) is 134 Å². The molecule has 0 fully saturated rings. The Hall–Kier alpha value is 1.48. The quantitative estimate of drug-likeness (QED) is 0.188. The van der Waals surface area contributed by atoms with Gasteiger partial charge in [-0.2, -0.15) is 8.78 Å². The Labute approximate surface area is 305 Å². The van der Waals surface area contributed by atoms with Gasteiger partial charge in [-0.25, -0.2) is 4.79 Å². The molecule has 0 aliphatic heterocycles. The number of carbonyl (C=O) groups excluding carboxylic acids is 2. The first-order valence-electron chi connectivity index (χ1n) is 9.73. The van der Waals surface area contributed by atoms with E-state index >= 15 is 8.78 Å². The number of methoxy groups -OCH3 is 1. The molecule has 2 rings (SSSR count). The molecule has 1 aromatic heterocycles. The number of fused-ring (bicyclic) bond motifs is 1. The molecule has 0 aliphatic rings. The van der Waals surface area contributed by atoms with Crippen LogP contribution in [-0.2, 0) is 24.0 Å². The number of esters is 1. The summed E-state index contributed by atoms with van der Waals surface area (Å²) in [6.45, 7) is 7.66. The molecule has 0 aliphatic carbocycles. The number of thiophene rings is 1. The number of carbonyl (C=O) groups is 2. The molecular formula is C20H24BrF2K2O9PS. The second-order valence-electron chi connectivity index (χ2n) is 7.43. The molecule has 1 aromatic carbocycles. The van der Waals surface area contributed by atoms with E-state index in [1.807, 2.05) is 0 Å². The van der Waals surface area contributed by atoms with Crippen LogP contribution >= 0.6 is 34.9 Å². The van der Waals surface area contributed by atoms with Gasteiger partial charge in [0.25, 0.3) is 0 Å². The molecule has 0 saturated heterocycles. The van der Waals surface area contributed by atoms with E-state index in [1.54, 1.807) is 20.8 Å². The monoisotopic (exact) mass is 666 g/mol. The first-order valence-corrected chi connectivity index (χ1v) is 12.9. The van der Waals surface area contributed by atoms with Crippen LogP contribution in [-0.4, -0.2) is 38.0 Å². The average Bonchev–Trinajstić information content (AvgIpc) is 3.03. The predicted octanol–water partition coefficient (Wildman–Crippen LogP) is -1.50. The number of hydrogen-bond donors (Lipinski definition) is 0. The zero-order valence-electron chi connectivity index (χ0n) is 21.2. The normalized spacial score (nSPS) is 11.5. The third kappa shape index (κ3) is 10.5. The van der Waals surface area contributed by atoms with Crippen molar-refractivity contribution in [3.63, 3.8) is 0 Å². The van der Waals surface area contributed by atoms with E-state index < -0.39 is 35.9 Å². The van der Waals surface area contributed by atoms with Crippen LogP contribution in [0.1, 0.15) is 49.9 Å². The molecule has 0 bridgehead atoms. The van der Waals surface area contributed by atoms with Crippen LogP contribution in [0, 0.1) is 0 Å². The van der Waals surface area contributed by atoms with E-state index in [1.165, 1.54) is 33.1 Å². The summed E-state index contributed by atoms with van der Waals surface area (Å²) in [6, 6.07) is 2.85. The average molecular weight is 668 g/mol. The summed E-state index contributed by atoms with van der Waals surface area (Å²) in [4.78, 5) is 20.3. The molecule has 16 heteroatoms. The minimum atomic E-state index is -4.79. The Morgan fingerprint density at radius 2 is 1.56 bits per heavy atom. The Morgan fingerprint density at radius 1 is 1.08 bits per heavy atom. The Bertz CT molecular complexity index is 1080. The molecule has 9 nitrogen and oxygen atoms in total. The van der Waals surface area contributed by atoms with Crippen molar-refractivity contribution in [2.75, 3.05) is 20.3 Å². The first-order chi connectivity index (χ1) is 15.5. The van der Waals surface area contributed by atoms with E-state index in [9.17, 15) is 9.36 Å². The Morgan fingerprint density at radius 3 is 1.94 bits per heavy atom. The van der Waals surface area contributed by atoms with Crippen LogP contribution in [0.2, 0.25) is 0 Å². The standard InChI is InChI=1S/C19H24BrF2O6PS.CH2O3.2K/c1-7-26-29(24,27-8-2)19(21,22)16-14(20)12-9-11(17(23)28-18(3,4)5)10-13(25-6)15(12)30-16;2-1(3)4;;/h9-10H,7-8H2,1-6H3;(H2,2,3,4);;/q;;2*+1/p-2. The van der Waals surface area contributed by atoms with Gasteiger partial charge in [-0.15, -0.1) is 11.3 Å². The maximum absolute atomic E-state index is 15.3.